The molecule has 200 valence electrons. The van der Waals surface area contributed by atoms with E-state index in [1.54, 1.807) is 6.08 Å². The lowest BCUT2D eigenvalue weighted by molar-refractivity contribution is -0.150. The Kier molecular flexibility index (Phi) is 6.74. The summed E-state index contributed by atoms with van der Waals surface area (Å²) in [7, 11) is 0. The molecule has 0 spiro atoms. The summed E-state index contributed by atoms with van der Waals surface area (Å²) in [5.74, 6) is -0.810. The van der Waals surface area contributed by atoms with Crippen molar-refractivity contribution >= 4 is 35.2 Å². The number of carbonyl (C=O) groups excluding carboxylic acids is 4. The van der Waals surface area contributed by atoms with Gasteiger partial charge in [0.15, 0.2) is 0 Å². The van der Waals surface area contributed by atoms with Crippen LogP contribution in [-0.4, -0.2) is 52.6 Å². The molecule has 4 aliphatic carbocycles. The molecule has 4 amide bonds. The topological polar surface area (TPSA) is 199 Å². The van der Waals surface area contributed by atoms with Crippen molar-refractivity contribution in [1.82, 2.24) is 10.9 Å². The third-order valence-corrected chi connectivity index (χ3v) is 8.91. The zero-order valence-corrected chi connectivity index (χ0v) is 21.2. The number of hydrazone groups is 2. The van der Waals surface area contributed by atoms with E-state index in [-0.39, 0.29) is 42.3 Å². The highest BCUT2D eigenvalue weighted by Gasteiger charge is 2.67. The van der Waals surface area contributed by atoms with Gasteiger partial charge in [0.2, 0.25) is 0 Å². The quantitative estimate of drug-likeness (QED) is 0.208. The van der Waals surface area contributed by atoms with Gasteiger partial charge >= 0.3 is 18.0 Å². The number of fused-ring (bicyclic) bond motifs is 5. The standard InChI is InChI=1S/C25H34N6O6/c1-13(32)37-12-19(29-31-22(27)35)25(36)9-7-17-16-5-4-14-10-15(28-30-21(26)34)6-8-23(14,2)20(16)18(33)11-24(17,25)3/h6,8,10,16-17,20,36H,4-5,7,9,11-12H2,1-3H3,(H3,26,30,34)(H3,27,31,35)/t16-,17-,20+,23-,24-,25-/m0/s1. The van der Waals surface area contributed by atoms with Gasteiger partial charge in [-0.25, -0.2) is 20.4 Å². The largest absolute Gasteiger partial charge is 0.460 e. The Bertz CT molecular complexity index is 1160. The van der Waals surface area contributed by atoms with Gasteiger partial charge in [-0.15, -0.1) is 0 Å². The van der Waals surface area contributed by atoms with Crippen LogP contribution >= 0.6 is 0 Å². The number of nitrogens with two attached hydrogens (primary N) is 2. The fourth-order valence-electron chi connectivity index (χ4n) is 7.24. The summed E-state index contributed by atoms with van der Waals surface area (Å²) in [5.41, 5.74) is 13.4. The molecule has 0 bridgehead atoms. The summed E-state index contributed by atoms with van der Waals surface area (Å²) in [5, 5.41) is 20.0. The maximum absolute atomic E-state index is 13.9. The van der Waals surface area contributed by atoms with Crippen molar-refractivity contribution < 1.29 is 29.0 Å². The molecule has 0 aromatic rings. The van der Waals surface area contributed by atoms with Gasteiger partial charge in [-0.3, -0.25) is 9.59 Å². The molecule has 0 unspecified atom stereocenters. The van der Waals surface area contributed by atoms with Crippen molar-refractivity contribution in [3.05, 3.63) is 23.8 Å². The SMILES string of the molecule is CC(=O)OCC(=NNC(N)=O)[C@@]1(O)CC[C@H]2[C@@H]3CCC4=CC(=NNC(N)=O)C=C[C@]4(C)[C@H]3C(=O)C[C@@]21C. The van der Waals surface area contributed by atoms with Gasteiger partial charge < -0.3 is 21.3 Å². The molecule has 12 heteroatoms. The molecule has 0 aliphatic heterocycles. The van der Waals surface area contributed by atoms with Crippen molar-refractivity contribution in [2.75, 3.05) is 6.61 Å². The van der Waals surface area contributed by atoms with Crippen molar-refractivity contribution in [2.45, 2.75) is 58.5 Å². The maximum atomic E-state index is 13.9. The van der Waals surface area contributed by atoms with Crippen LogP contribution in [0.5, 0.6) is 0 Å². The molecule has 0 saturated heterocycles. The monoisotopic (exact) mass is 514 g/mol. The predicted molar refractivity (Wildman–Crippen MR) is 134 cm³/mol. The fraction of sp³-hybridized carbons (Fsp3) is 0.600. The Morgan fingerprint density at radius 2 is 1.89 bits per heavy atom. The van der Waals surface area contributed by atoms with E-state index in [1.165, 1.54) is 6.92 Å². The van der Waals surface area contributed by atoms with E-state index in [4.69, 9.17) is 16.2 Å². The Hall–Kier alpha value is -3.54. The molecule has 0 aromatic heterocycles. The van der Waals surface area contributed by atoms with Crippen LogP contribution in [0.15, 0.2) is 34.0 Å². The minimum Gasteiger partial charge on any atom is -0.460 e. The number of allylic oxidation sites excluding steroid dienone is 4. The molecule has 4 aliphatic rings. The number of ketones is 1. The number of hydrogen-bond acceptors (Lipinski definition) is 8. The second-order valence-electron chi connectivity index (χ2n) is 10.9. The van der Waals surface area contributed by atoms with E-state index in [0.717, 1.165) is 18.4 Å². The molecule has 12 nitrogen and oxygen atoms in total. The highest BCUT2D eigenvalue weighted by molar-refractivity contribution is 6.06. The van der Waals surface area contributed by atoms with Crippen molar-refractivity contribution in [3.63, 3.8) is 0 Å². The second kappa shape index (κ2) is 9.40. The fourth-order valence-corrected chi connectivity index (χ4v) is 7.24. The summed E-state index contributed by atoms with van der Waals surface area (Å²) in [4.78, 5) is 47.8. The predicted octanol–water partition coefficient (Wildman–Crippen LogP) is 1.25. The molecule has 0 heterocycles. The van der Waals surface area contributed by atoms with Crippen LogP contribution in [0, 0.1) is 28.6 Å². The van der Waals surface area contributed by atoms with Gasteiger partial charge in [0.25, 0.3) is 0 Å². The van der Waals surface area contributed by atoms with E-state index in [2.05, 4.69) is 28.0 Å². The number of nitrogens with zero attached hydrogens (tertiary/aromatic N) is 2. The number of nitrogens with one attached hydrogen (secondary N) is 2. The van der Waals surface area contributed by atoms with E-state index in [0.29, 0.717) is 18.6 Å². The highest BCUT2D eigenvalue weighted by Crippen LogP contribution is 2.66. The maximum Gasteiger partial charge on any atom is 0.332 e. The van der Waals surface area contributed by atoms with E-state index >= 15 is 0 Å². The van der Waals surface area contributed by atoms with E-state index < -0.39 is 34.5 Å². The minimum atomic E-state index is -1.57. The number of amides is 4. The smallest absolute Gasteiger partial charge is 0.332 e. The Labute approximate surface area is 214 Å². The van der Waals surface area contributed by atoms with Crippen LogP contribution in [0.2, 0.25) is 0 Å². The zero-order valence-electron chi connectivity index (χ0n) is 21.2. The lowest BCUT2D eigenvalue weighted by atomic mass is 9.46. The lowest BCUT2D eigenvalue weighted by Gasteiger charge is -2.57. The van der Waals surface area contributed by atoms with Crippen LogP contribution in [0.4, 0.5) is 9.59 Å². The molecule has 3 fully saturated rings. The van der Waals surface area contributed by atoms with Crippen LogP contribution < -0.4 is 22.3 Å². The number of hydrogen-bond donors (Lipinski definition) is 5. The summed E-state index contributed by atoms with van der Waals surface area (Å²) in [6, 6.07) is -1.67. The first-order chi connectivity index (χ1) is 17.3. The summed E-state index contributed by atoms with van der Waals surface area (Å²) < 4.78 is 5.13. The van der Waals surface area contributed by atoms with Gasteiger partial charge in [-0.05, 0) is 49.7 Å². The minimum absolute atomic E-state index is 0.00493. The third kappa shape index (κ3) is 4.43. The highest BCUT2D eigenvalue weighted by atomic mass is 16.5. The van der Waals surface area contributed by atoms with Crippen LogP contribution in [0.3, 0.4) is 0 Å². The summed E-state index contributed by atoms with van der Waals surface area (Å²) in [6.45, 7) is 4.85. The van der Waals surface area contributed by atoms with Gasteiger partial charge in [0.1, 0.15) is 23.7 Å². The van der Waals surface area contributed by atoms with E-state index in [9.17, 15) is 24.3 Å². The normalized spacial score (nSPS) is 37.7. The molecular weight excluding hydrogens is 480 g/mol. The summed E-state index contributed by atoms with van der Waals surface area (Å²) >= 11 is 0. The average Bonchev–Trinajstić information content (AvgIpc) is 3.07. The van der Waals surface area contributed by atoms with E-state index in [1.807, 2.05) is 19.1 Å². The van der Waals surface area contributed by atoms with Crippen molar-refractivity contribution in [3.8, 4) is 0 Å². The Morgan fingerprint density at radius 1 is 1.19 bits per heavy atom. The molecular formula is C25H34N6O6. The Balaban J connectivity index is 1.66. The Morgan fingerprint density at radius 3 is 2.54 bits per heavy atom. The molecule has 7 N–H and O–H groups in total. The average molecular weight is 515 g/mol. The van der Waals surface area contributed by atoms with Gasteiger partial charge in [-0.2, -0.15) is 10.2 Å². The molecule has 0 aromatic carbocycles. The van der Waals surface area contributed by atoms with Gasteiger partial charge in [0, 0.05) is 30.1 Å². The van der Waals surface area contributed by atoms with Crippen LogP contribution in [0.1, 0.15) is 52.9 Å². The number of urea groups is 2. The number of ether oxygens (including phenoxy) is 1. The molecule has 6 atom stereocenters. The van der Waals surface area contributed by atoms with Crippen LogP contribution in [0.25, 0.3) is 0 Å². The number of aliphatic hydroxyl groups is 1. The van der Waals surface area contributed by atoms with Crippen LogP contribution in [-0.2, 0) is 14.3 Å². The second-order valence-corrected chi connectivity index (χ2v) is 10.9. The van der Waals surface area contributed by atoms with Crippen molar-refractivity contribution in [1.29, 1.82) is 0 Å². The van der Waals surface area contributed by atoms with Gasteiger partial charge in [-0.1, -0.05) is 25.5 Å². The first kappa shape index (κ1) is 26.5. The lowest BCUT2D eigenvalue weighted by Crippen LogP contribution is -2.61. The zero-order chi connectivity index (χ0) is 27.2. The molecule has 0 radical (unpaired) electrons. The summed E-state index contributed by atoms with van der Waals surface area (Å²) in [6.07, 6.45) is 8.19. The first-order valence-electron chi connectivity index (χ1n) is 12.4. The third-order valence-electron chi connectivity index (χ3n) is 8.91. The first-order valence-corrected chi connectivity index (χ1v) is 12.4. The number of esters is 1. The molecule has 37 heavy (non-hydrogen) atoms. The number of Topliss-reactive ketones (excluding diaryl/α,β-unsaturated/α-hetero) is 1. The number of rotatable bonds is 5. The number of primary amides is 2. The number of carbonyl (C=O) groups is 4. The van der Waals surface area contributed by atoms with Gasteiger partial charge in [0.05, 0.1) is 5.71 Å². The molecule has 4 rings (SSSR count). The van der Waals surface area contributed by atoms with Crippen molar-refractivity contribution in [2.24, 2.45) is 50.3 Å². The molecule has 3 saturated carbocycles.